The van der Waals surface area contributed by atoms with Crippen LogP contribution in [0.25, 0.3) is 11.1 Å². The first-order valence-electron chi connectivity index (χ1n) is 10.4. The van der Waals surface area contributed by atoms with Gasteiger partial charge in [-0.25, -0.2) is 4.98 Å². The minimum Gasteiger partial charge on any atom is -0.493 e. The zero-order valence-electron chi connectivity index (χ0n) is 17.0. The average molecular weight is 403 g/mol. The number of aryl methyl sites for hydroxylation is 1. The van der Waals surface area contributed by atoms with E-state index < -0.39 is 0 Å². The van der Waals surface area contributed by atoms with Gasteiger partial charge in [0, 0.05) is 41.3 Å². The van der Waals surface area contributed by atoms with E-state index in [9.17, 15) is 4.79 Å². The van der Waals surface area contributed by atoms with E-state index >= 15 is 0 Å². The molecule has 3 heterocycles. The maximum atomic E-state index is 13.0. The molecular weight excluding hydrogens is 378 g/mol. The van der Waals surface area contributed by atoms with Crippen molar-refractivity contribution in [1.29, 1.82) is 0 Å². The van der Waals surface area contributed by atoms with Crippen molar-refractivity contribution >= 4 is 17.4 Å². The Balaban J connectivity index is 1.26. The lowest BCUT2D eigenvalue weighted by Gasteiger charge is -2.18. The summed E-state index contributed by atoms with van der Waals surface area (Å²) in [7, 11) is 0. The average Bonchev–Trinajstić information content (AvgIpc) is 3.29. The highest BCUT2D eigenvalue weighted by atomic mass is 16.5. The summed E-state index contributed by atoms with van der Waals surface area (Å²) >= 11 is 0. The highest BCUT2D eigenvalue weighted by Gasteiger charge is 2.33. The van der Waals surface area contributed by atoms with E-state index in [1.165, 1.54) is 12.8 Å². The largest absolute Gasteiger partial charge is 0.493 e. The standard InChI is InChI=1S/C23H25N5O2/c1-15-20(17-12-24-25-13-17)7-8-22(26-15)28-10-9-21(23(28)29)27-18-3-2-4-19(11-18)30-14-16-5-6-16/h2-4,7-8,11-13,16,21,27H,5-6,9-10,14H2,1H3,(H,24,25). The number of ether oxygens (including phenoxy) is 1. The second-order valence-electron chi connectivity index (χ2n) is 8.05. The van der Waals surface area contributed by atoms with E-state index in [-0.39, 0.29) is 11.9 Å². The Bertz CT molecular complexity index is 1050. The number of amides is 1. The van der Waals surface area contributed by atoms with Crippen LogP contribution in [0.1, 0.15) is 25.0 Å². The van der Waals surface area contributed by atoms with Crippen LogP contribution in [0.2, 0.25) is 0 Å². The minimum atomic E-state index is -0.265. The molecule has 30 heavy (non-hydrogen) atoms. The number of H-pyrrole nitrogens is 1. The number of carbonyl (C=O) groups excluding carboxylic acids is 1. The summed E-state index contributed by atoms with van der Waals surface area (Å²) in [6.45, 7) is 3.38. The zero-order valence-corrected chi connectivity index (χ0v) is 17.0. The first kappa shape index (κ1) is 18.7. The number of nitrogens with one attached hydrogen (secondary N) is 2. The summed E-state index contributed by atoms with van der Waals surface area (Å²) in [5.74, 6) is 2.29. The van der Waals surface area contributed by atoms with E-state index in [1.807, 2.05) is 49.5 Å². The van der Waals surface area contributed by atoms with Crippen LogP contribution in [-0.4, -0.2) is 40.3 Å². The number of pyridine rings is 1. The number of aromatic amines is 1. The molecule has 2 fully saturated rings. The molecule has 1 saturated heterocycles. The fourth-order valence-electron chi connectivity index (χ4n) is 3.82. The van der Waals surface area contributed by atoms with E-state index in [1.54, 1.807) is 11.1 Å². The highest BCUT2D eigenvalue weighted by molar-refractivity contribution is 6.00. The summed E-state index contributed by atoms with van der Waals surface area (Å²) in [5.41, 5.74) is 3.78. The molecule has 1 atom stereocenters. The fourth-order valence-corrected chi connectivity index (χ4v) is 3.82. The van der Waals surface area contributed by atoms with Crippen molar-refractivity contribution in [2.45, 2.75) is 32.2 Å². The van der Waals surface area contributed by atoms with Crippen LogP contribution in [0, 0.1) is 12.8 Å². The van der Waals surface area contributed by atoms with Crippen LogP contribution >= 0.6 is 0 Å². The van der Waals surface area contributed by atoms with Gasteiger partial charge in [-0.05, 0) is 56.4 Å². The molecule has 154 valence electrons. The molecule has 0 radical (unpaired) electrons. The Morgan fingerprint density at radius 3 is 2.90 bits per heavy atom. The summed E-state index contributed by atoms with van der Waals surface area (Å²) in [6.07, 6.45) is 6.87. The van der Waals surface area contributed by atoms with Gasteiger partial charge < -0.3 is 10.1 Å². The number of hydrogen-bond acceptors (Lipinski definition) is 5. The Morgan fingerprint density at radius 1 is 1.23 bits per heavy atom. The maximum Gasteiger partial charge on any atom is 0.250 e. The molecule has 1 aliphatic carbocycles. The number of aromatic nitrogens is 3. The molecule has 1 aromatic carbocycles. The number of hydrogen-bond donors (Lipinski definition) is 2. The molecule has 1 amide bonds. The molecule has 1 aliphatic heterocycles. The van der Waals surface area contributed by atoms with Gasteiger partial charge in [-0.15, -0.1) is 0 Å². The lowest BCUT2D eigenvalue weighted by Crippen LogP contribution is -2.34. The van der Waals surface area contributed by atoms with Gasteiger partial charge >= 0.3 is 0 Å². The van der Waals surface area contributed by atoms with Crippen LogP contribution < -0.4 is 15.0 Å². The second-order valence-corrected chi connectivity index (χ2v) is 8.05. The summed E-state index contributed by atoms with van der Waals surface area (Å²) in [4.78, 5) is 19.5. The third-order valence-electron chi connectivity index (χ3n) is 5.72. The highest BCUT2D eigenvalue weighted by Crippen LogP contribution is 2.31. The number of nitrogens with zero attached hydrogens (tertiary/aromatic N) is 3. The molecule has 2 aromatic heterocycles. The van der Waals surface area contributed by atoms with Gasteiger partial charge in [0.15, 0.2) is 0 Å². The van der Waals surface area contributed by atoms with Crippen molar-refractivity contribution in [2.75, 3.05) is 23.4 Å². The van der Waals surface area contributed by atoms with Crippen molar-refractivity contribution in [1.82, 2.24) is 15.2 Å². The number of benzene rings is 1. The van der Waals surface area contributed by atoms with Crippen LogP contribution in [0.5, 0.6) is 5.75 Å². The van der Waals surface area contributed by atoms with Crippen LogP contribution in [0.4, 0.5) is 11.5 Å². The second kappa shape index (κ2) is 7.82. The molecule has 1 saturated carbocycles. The van der Waals surface area contributed by atoms with Gasteiger partial charge in [-0.3, -0.25) is 14.8 Å². The van der Waals surface area contributed by atoms with Crippen molar-refractivity contribution in [3.05, 3.63) is 54.5 Å². The Hall–Kier alpha value is -3.35. The molecule has 2 aliphatic rings. The number of anilines is 2. The molecule has 1 unspecified atom stereocenters. The molecule has 2 N–H and O–H groups in total. The third kappa shape index (κ3) is 3.87. The van der Waals surface area contributed by atoms with E-state index in [0.29, 0.717) is 18.3 Å². The minimum absolute atomic E-state index is 0.0438. The van der Waals surface area contributed by atoms with E-state index in [0.717, 1.165) is 41.3 Å². The van der Waals surface area contributed by atoms with Crippen LogP contribution in [-0.2, 0) is 4.79 Å². The van der Waals surface area contributed by atoms with E-state index in [4.69, 9.17) is 4.74 Å². The first-order chi connectivity index (χ1) is 14.7. The molecule has 0 bridgehead atoms. The normalized spacial score (nSPS) is 18.6. The zero-order chi connectivity index (χ0) is 20.5. The topological polar surface area (TPSA) is 83.1 Å². The molecule has 7 nitrogen and oxygen atoms in total. The van der Waals surface area contributed by atoms with Crippen LogP contribution in [0.15, 0.2) is 48.8 Å². The Labute approximate surface area is 175 Å². The summed E-state index contributed by atoms with van der Waals surface area (Å²) < 4.78 is 5.86. The van der Waals surface area contributed by atoms with Gasteiger partial charge in [-0.2, -0.15) is 5.10 Å². The molecule has 5 rings (SSSR count). The molecule has 7 heteroatoms. The van der Waals surface area contributed by atoms with Gasteiger partial charge in [0.2, 0.25) is 0 Å². The van der Waals surface area contributed by atoms with Gasteiger partial charge in [0.05, 0.1) is 12.8 Å². The third-order valence-corrected chi connectivity index (χ3v) is 5.72. The van der Waals surface area contributed by atoms with E-state index in [2.05, 4.69) is 20.5 Å². The monoisotopic (exact) mass is 403 g/mol. The van der Waals surface area contributed by atoms with Crippen LogP contribution in [0.3, 0.4) is 0 Å². The van der Waals surface area contributed by atoms with Crippen molar-refractivity contribution in [2.24, 2.45) is 5.92 Å². The smallest absolute Gasteiger partial charge is 0.250 e. The van der Waals surface area contributed by atoms with Gasteiger partial charge in [-0.1, -0.05) is 6.07 Å². The molecular formula is C23H25N5O2. The molecule has 3 aromatic rings. The predicted octanol–water partition coefficient (Wildman–Crippen LogP) is 3.79. The molecule has 0 spiro atoms. The lowest BCUT2D eigenvalue weighted by molar-refractivity contribution is -0.117. The fraction of sp³-hybridized carbons (Fsp3) is 0.348. The maximum absolute atomic E-state index is 13.0. The number of carbonyl (C=O) groups is 1. The Kier molecular flexibility index (Phi) is 4.86. The Morgan fingerprint density at radius 2 is 2.13 bits per heavy atom. The summed E-state index contributed by atoms with van der Waals surface area (Å²) in [6, 6.07) is 11.5. The van der Waals surface area contributed by atoms with Crippen molar-refractivity contribution < 1.29 is 9.53 Å². The van der Waals surface area contributed by atoms with Gasteiger partial charge in [0.25, 0.3) is 5.91 Å². The van der Waals surface area contributed by atoms with Gasteiger partial charge in [0.1, 0.15) is 17.6 Å². The SMILES string of the molecule is Cc1nc(N2CCC(Nc3cccc(OCC4CC4)c3)C2=O)ccc1-c1cn[nH]c1. The van der Waals surface area contributed by atoms with Crippen molar-refractivity contribution in [3.63, 3.8) is 0 Å². The first-order valence-corrected chi connectivity index (χ1v) is 10.4. The number of rotatable bonds is 7. The lowest BCUT2D eigenvalue weighted by atomic mass is 10.1. The summed E-state index contributed by atoms with van der Waals surface area (Å²) in [5, 5.41) is 10.2. The van der Waals surface area contributed by atoms with Crippen molar-refractivity contribution in [3.8, 4) is 16.9 Å². The quantitative estimate of drug-likeness (QED) is 0.627. The predicted molar refractivity (Wildman–Crippen MR) is 116 cm³/mol.